The van der Waals surface area contributed by atoms with E-state index in [-0.39, 0.29) is 0 Å². The maximum absolute atomic E-state index is 2.62. The van der Waals surface area contributed by atoms with Crippen molar-refractivity contribution in [3.8, 4) is 0 Å². The first-order valence-corrected chi connectivity index (χ1v) is 5.68. The molecule has 2 aliphatic rings. The van der Waals surface area contributed by atoms with Crippen molar-refractivity contribution in [2.24, 2.45) is 11.8 Å². The van der Waals surface area contributed by atoms with Gasteiger partial charge in [-0.05, 0) is 30.2 Å². The Morgan fingerprint density at radius 1 is 1.00 bits per heavy atom. The molecule has 2 fully saturated rings. The van der Waals surface area contributed by atoms with E-state index in [9.17, 15) is 0 Å². The summed E-state index contributed by atoms with van der Waals surface area (Å²) in [5, 5.41) is 0. The summed E-state index contributed by atoms with van der Waals surface area (Å²) in [5.41, 5.74) is 1.47. The first-order chi connectivity index (χ1) is 6.92. The lowest BCUT2D eigenvalue weighted by atomic mass is 9.77. The molecular weight excluding hydrogens is 170 g/mol. The van der Waals surface area contributed by atoms with Crippen LogP contribution in [0.1, 0.15) is 18.4 Å². The molecule has 1 nitrogen and oxygen atoms in total. The molecule has 0 N–H and O–H groups in total. The second-order valence-corrected chi connectivity index (χ2v) is 4.78. The molecule has 1 saturated heterocycles. The van der Waals surface area contributed by atoms with Gasteiger partial charge in [-0.2, -0.15) is 0 Å². The molecule has 1 aliphatic heterocycles. The lowest BCUT2D eigenvalue weighted by Crippen LogP contribution is -2.22. The van der Waals surface area contributed by atoms with Crippen LogP contribution < -0.4 is 0 Å². The number of likely N-dealkylation sites (tertiary alicyclic amines) is 1. The fraction of sp³-hybridized carbons (Fsp3) is 0.538. The van der Waals surface area contributed by atoms with E-state index < -0.39 is 0 Å². The highest BCUT2D eigenvalue weighted by Gasteiger charge is 2.38. The van der Waals surface area contributed by atoms with Crippen molar-refractivity contribution in [2.45, 2.75) is 19.4 Å². The molecule has 0 unspecified atom stereocenters. The van der Waals surface area contributed by atoms with Gasteiger partial charge in [-0.1, -0.05) is 30.3 Å². The molecular formula is C13H17N. The summed E-state index contributed by atoms with van der Waals surface area (Å²) < 4.78 is 0. The smallest absolute Gasteiger partial charge is 0.0233 e. The molecule has 0 amide bonds. The maximum atomic E-state index is 2.62. The van der Waals surface area contributed by atoms with E-state index in [2.05, 4.69) is 35.2 Å². The second kappa shape index (κ2) is 3.39. The van der Waals surface area contributed by atoms with Crippen LogP contribution in [0.15, 0.2) is 30.3 Å². The number of nitrogens with zero attached hydrogens (tertiary/aromatic N) is 1. The average Bonchev–Trinajstić information content (AvgIpc) is 2.46. The Hall–Kier alpha value is -0.820. The van der Waals surface area contributed by atoms with Gasteiger partial charge in [0.1, 0.15) is 0 Å². The van der Waals surface area contributed by atoms with Gasteiger partial charge >= 0.3 is 0 Å². The monoisotopic (exact) mass is 187 g/mol. The van der Waals surface area contributed by atoms with Gasteiger partial charge in [0.2, 0.25) is 0 Å². The van der Waals surface area contributed by atoms with Crippen molar-refractivity contribution >= 4 is 0 Å². The van der Waals surface area contributed by atoms with Gasteiger partial charge in [0.25, 0.3) is 0 Å². The van der Waals surface area contributed by atoms with E-state index in [1.807, 2.05) is 0 Å². The van der Waals surface area contributed by atoms with E-state index in [0.717, 1.165) is 18.4 Å². The Kier molecular flexibility index (Phi) is 2.06. The summed E-state index contributed by atoms with van der Waals surface area (Å²) in [4.78, 5) is 2.62. The summed E-state index contributed by atoms with van der Waals surface area (Å²) in [6.07, 6.45) is 2.96. The number of fused-ring (bicyclic) bond motifs is 1. The molecule has 14 heavy (non-hydrogen) atoms. The van der Waals surface area contributed by atoms with Gasteiger partial charge in [-0.25, -0.2) is 0 Å². The SMILES string of the molecule is c1ccc(CN2C[C@H]3CC[C@H]3C2)cc1. The molecule has 0 radical (unpaired) electrons. The lowest BCUT2D eigenvalue weighted by molar-refractivity contribution is 0.243. The minimum absolute atomic E-state index is 1.04. The number of rotatable bonds is 2. The van der Waals surface area contributed by atoms with Gasteiger partial charge in [0, 0.05) is 19.6 Å². The molecule has 74 valence electrons. The van der Waals surface area contributed by atoms with Crippen molar-refractivity contribution in [3.63, 3.8) is 0 Å². The lowest BCUT2D eigenvalue weighted by Gasteiger charge is -2.28. The van der Waals surface area contributed by atoms with Crippen LogP contribution in [0.4, 0.5) is 0 Å². The van der Waals surface area contributed by atoms with Crippen LogP contribution in [-0.2, 0) is 6.54 Å². The Morgan fingerprint density at radius 2 is 1.64 bits per heavy atom. The summed E-state index contributed by atoms with van der Waals surface area (Å²) in [7, 11) is 0. The minimum Gasteiger partial charge on any atom is -0.299 e. The zero-order chi connectivity index (χ0) is 9.38. The van der Waals surface area contributed by atoms with Crippen LogP contribution in [0.2, 0.25) is 0 Å². The Balaban J connectivity index is 1.63. The molecule has 1 aromatic carbocycles. The van der Waals surface area contributed by atoms with Crippen LogP contribution in [0.25, 0.3) is 0 Å². The van der Waals surface area contributed by atoms with E-state index >= 15 is 0 Å². The van der Waals surface area contributed by atoms with Crippen LogP contribution in [0, 0.1) is 11.8 Å². The Labute approximate surface area is 85.7 Å². The molecule has 1 aliphatic carbocycles. The van der Waals surface area contributed by atoms with Crippen molar-refractivity contribution in [3.05, 3.63) is 35.9 Å². The van der Waals surface area contributed by atoms with Gasteiger partial charge in [-0.15, -0.1) is 0 Å². The maximum Gasteiger partial charge on any atom is 0.0233 e. The van der Waals surface area contributed by atoms with Crippen molar-refractivity contribution in [1.82, 2.24) is 4.90 Å². The first-order valence-electron chi connectivity index (χ1n) is 5.68. The third kappa shape index (κ3) is 1.46. The predicted molar refractivity (Wildman–Crippen MR) is 57.9 cm³/mol. The Bertz CT molecular complexity index is 294. The van der Waals surface area contributed by atoms with Crippen molar-refractivity contribution in [2.75, 3.05) is 13.1 Å². The van der Waals surface area contributed by atoms with Gasteiger partial charge in [-0.3, -0.25) is 4.90 Å². The molecule has 1 saturated carbocycles. The molecule has 0 bridgehead atoms. The number of hydrogen-bond acceptors (Lipinski definition) is 1. The largest absolute Gasteiger partial charge is 0.299 e. The van der Waals surface area contributed by atoms with Crippen molar-refractivity contribution in [1.29, 1.82) is 0 Å². The topological polar surface area (TPSA) is 3.24 Å². The molecule has 1 aromatic rings. The van der Waals surface area contributed by atoms with Crippen LogP contribution >= 0.6 is 0 Å². The molecule has 1 heteroatoms. The van der Waals surface area contributed by atoms with E-state index in [1.165, 1.54) is 31.5 Å². The Morgan fingerprint density at radius 3 is 2.21 bits per heavy atom. The van der Waals surface area contributed by atoms with Crippen LogP contribution in [0.3, 0.4) is 0 Å². The second-order valence-electron chi connectivity index (χ2n) is 4.78. The standard InChI is InChI=1S/C13H17N/c1-2-4-11(5-3-1)8-14-9-12-6-7-13(12)10-14/h1-5,12-13H,6-10H2/t12-,13+. The first kappa shape index (κ1) is 8.49. The van der Waals surface area contributed by atoms with Gasteiger partial charge < -0.3 is 0 Å². The highest BCUT2D eigenvalue weighted by atomic mass is 15.2. The van der Waals surface area contributed by atoms with Crippen molar-refractivity contribution < 1.29 is 0 Å². The summed E-state index contributed by atoms with van der Waals surface area (Å²) in [5.74, 6) is 2.08. The fourth-order valence-electron chi connectivity index (χ4n) is 2.83. The predicted octanol–water partition coefficient (Wildman–Crippen LogP) is 2.53. The quantitative estimate of drug-likeness (QED) is 0.687. The summed E-state index contributed by atoms with van der Waals surface area (Å²) >= 11 is 0. The third-order valence-corrected chi connectivity index (χ3v) is 3.81. The molecule has 0 spiro atoms. The van der Waals surface area contributed by atoms with E-state index in [0.29, 0.717) is 0 Å². The highest BCUT2D eigenvalue weighted by molar-refractivity contribution is 5.14. The number of hydrogen-bond donors (Lipinski definition) is 0. The average molecular weight is 187 g/mol. The molecule has 1 heterocycles. The number of benzene rings is 1. The zero-order valence-corrected chi connectivity index (χ0v) is 8.52. The highest BCUT2D eigenvalue weighted by Crippen LogP contribution is 2.40. The fourth-order valence-corrected chi connectivity index (χ4v) is 2.83. The van der Waals surface area contributed by atoms with Crippen LogP contribution in [0.5, 0.6) is 0 Å². The minimum atomic E-state index is 1.04. The molecule has 3 rings (SSSR count). The third-order valence-electron chi connectivity index (χ3n) is 3.81. The van der Waals surface area contributed by atoms with E-state index in [1.54, 1.807) is 0 Å². The normalized spacial score (nSPS) is 31.1. The molecule has 2 atom stereocenters. The molecule has 0 aromatic heterocycles. The van der Waals surface area contributed by atoms with E-state index in [4.69, 9.17) is 0 Å². The summed E-state index contributed by atoms with van der Waals surface area (Å²) in [6.45, 7) is 3.85. The van der Waals surface area contributed by atoms with Crippen LogP contribution in [-0.4, -0.2) is 18.0 Å². The van der Waals surface area contributed by atoms with Gasteiger partial charge in [0.15, 0.2) is 0 Å². The zero-order valence-electron chi connectivity index (χ0n) is 8.52. The summed E-state index contributed by atoms with van der Waals surface area (Å²) in [6, 6.07) is 10.8. The van der Waals surface area contributed by atoms with Gasteiger partial charge in [0.05, 0.1) is 0 Å².